The van der Waals surface area contributed by atoms with E-state index in [4.69, 9.17) is 4.74 Å². The molecule has 0 saturated heterocycles. The molecule has 0 aromatic heterocycles. The van der Waals surface area contributed by atoms with Gasteiger partial charge in [-0.05, 0) is 38.3 Å². The van der Waals surface area contributed by atoms with Crippen LogP contribution >= 0.6 is 0 Å². The summed E-state index contributed by atoms with van der Waals surface area (Å²) in [5.74, 6) is 0. The van der Waals surface area contributed by atoms with Crippen LogP contribution in [-0.4, -0.2) is 18.7 Å². The van der Waals surface area contributed by atoms with E-state index < -0.39 is 0 Å². The van der Waals surface area contributed by atoms with Crippen molar-refractivity contribution in [1.82, 2.24) is 5.32 Å². The maximum atomic E-state index is 6.35. The molecule has 1 saturated carbocycles. The van der Waals surface area contributed by atoms with Crippen molar-refractivity contribution in [2.75, 3.05) is 6.54 Å². The predicted molar refractivity (Wildman–Crippen MR) is 84.8 cm³/mol. The van der Waals surface area contributed by atoms with Crippen LogP contribution in [0, 0.1) is 5.41 Å². The first-order valence-corrected chi connectivity index (χ1v) is 8.05. The molecule has 2 heteroatoms. The van der Waals surface area contributed by atoms with Gasteiger partial charge in [0.2, 0.25) is 0 Å². The number of benzene rings is 1. The molecule has 4 unspecified atom stereocenters. The van der Waals surface area contributed by atoms with E-state index in [-0.39, 0.29) is 11.5 Å². The lowest BCUT2D eigenvalue weighted by Gasteiger charge is -2.54. The van der Waals surface area contributed by atoms with Crippen LogP contribution in [0.1, 0.15) is 58.6 Å². The second kappa shape index (κ2) is 6.73. The van der Waals surface area contributed by atoms with Crippen molar-refractivity contribution in [3.63, 3.8) is 0 Å². The minimum absolute atomic E-state index is 0.180. The molecule has 112 valence electrons. The standard InChI is InChI=1S/C18H29NO/c1-5-12-19-16-13-17(18(16,4)6-2)20-14(3)15-10-8-7-9-11-15/h7-11,14,16-17,19H,5-6,12-13H2,1-4H3. The van der Waals surface area contributed by atoms with Gasteiger partial charge >= 0.3 is 0 Å². The summed E-state index contributed by atoms with van der Waals surface area (Å²) in [7, 11) is 0. The van der Waals surface area contributed by atoms with Crippen molar-refractivity contribution >= 4 is 0 Å². The van der Waals surface area contributed by atoms with Gasteiger partial charge in [-0.1, -0.05) is 51.1 Å². The van der Waals surface area contributed by atoms with E-state index in [1.165, 1.54) is 18.4 Å². The van der Waals surface area contributed by atoms with Gasteiger partial charge in [-0.15, -0.1) is 0 Å². The van der Waals surface area contributed by atoms with Crippen LogP contribution in [0.5, 0.6) is 0 Å². The third-order valence-electron chi connectivity index (χ3n) is 5.02. The van der Waals surface area contributed by atoms with E-state index in [0.717, 1.165) is 13.0 Å². The first-order chi connectivity index (χ1) is 9.61. The van der Waals surface area contributed by atoms with Crippen molar-refractivity contribution < 1.29 is 4.74 Å². The van der Waals surface area contributed by atoms with E-state index in [1.807, 2.05) is 0 Å². The van der Waals surface area contributed by atoms with Crippen molar-refractivity contribution in [1.29, 1.82) is 0 Å². The zero-order valence-corrected chi connectivity index (χ0v) is 13.4. The number of hydrogen-bond acceptors (Lipinski definition) is 2. The third-order valence-corrected chi connectivity index (χ3v) is 5.02. The van der Waals surface area contributed by atoms with E-state index in [9.17, 15) is 0 Å². The van der Waals surface area contributed by atoms with Crippen LogP contribution in [0.2, 0.25) is 0 Å². The van der Waals surface area contributed by atoms with Crippen molar-refractivity contribution in [3.05, 3.63) is 35.9 Å². The lowest BCUT2D eigenvalue weighted by molar-refractivity contribution is -0.154. The summed E-state index contributed by atoms with van der Waals surface area (Å²) in [5.41, 5.74) is 1.55. The van der Waals surface area contributed by atoms with Crippen LogP contribution in [0.15, 0.2) is 30.3 Å². The zero-order chi connectivity index (χ0) is 14.6. The van der Waals surface area contributed by atoms with Gasteiger partial charge in [-0.25, -0.2) is 0 Å². The van der Waals surface area contributed by atoms with Crippen molar-refractivity contribution in [2.24, 2.45) is 5.41 Å². The fourth-order valence-electron chi connectivity index (χ4n) is 3.19. The molecule has 0 amide bonds. The molecule has 2 rings (SSSR count). The Morgan fingerprint density at radius 3 is 2.60 bits per heavy atom. The minimum atomic E-state index is 0.180. The second-order valence-electron chi connectivity index (χ2n) is 6.28. The highest BCUT2D eigenvalue weighted by atomic mass is 16.5. The van der Waals surface area contributed by atoms with E-state index in [2.05, 4.69) is 63.3 Å². The molecule has 1 aromatic rings. The molecule has 0 heterocycles. The van der Waals surface area contributed by atoms with Gasteiger partial charge in [-0.2, -0.15) is 0 Å². The highest BCUT2D eigenvalue weighted by Crippen LogP contribution is 2.47. The van der Waals surface area contributed by atoms with E-state index in [0.29, 0.717) is 12.1 Å². The molecule has 1 N–H and O–H groups in total. The summed E-state index contributed by atoms with van der Waals surface area (Å²) in [4.78, 5) is 0. The summed E-state index contributed by atoms with van der Waals surface area (Å²) in [5, 5.41) is 3.67. The molecule has 0 radical (unpaired) electrons. The topological polar surface area (TPSA) is 21.3 Å². The fourth-order valence-corrected chi connectivity index (χ4v) is 3.19. The number of nitrogens with one attached hydrogen (secondary N) is 1. The Morgan fingerprint density at radius 2 is 2.00 bits per heavy atom. The van der Waals surface area contributed by atoms with Crippen LogP contribution in [0.25, 0.3) is 0 Å². The van der Waals surface area contributed by atoms with Crippen LogP contribution < -0.4 is 5.32 Å². The number of rotatable bonds is 7. The maximum Gasteiger partial charge on any atom is 0.0800 e. The van der Waals surface area contributed by atoms with Crippen molar-refractivity contribution in [2.45, 2.75) is 65.2 Å². The molecule has 20 heavy (non-hydrogen) atoms. The van der Waals surface area contributed by atoms with Crippen LogP contribution in [-0.2, 0) is 4.74 Å². The molecule has 0 aliphatic heterocycles. The second-order valence-corrected chi connectivity index (χ2v) is 6.28. The molecular formula is C18H29NO. The summed E-state index contributed by atoms with van der Waals surface area (Å²) in [6.45, 7) is 10.1. The highest BCUT2D eigenvalue weighted by Gasteiger charge is 2.51. The van der Waals surface area contributed by atoms with Gasteiger partial charge < -0.3 is 10.1 Å². The smallest absolute Gasteiger partial charge is 0.0800 e. The van der Waals surface area contributed by atoms with Crippen molar-refractivity contribution in [3.8, 4) is 0 Å². The summed E-state index contributed by atoms with van der Waals surface area (Å²) < 4.78 is 6.35. The Hall–Kier alpha value is -0.860. The molecule has 1 aliphatic rings. The average Bonchev–Trinajstić information content (AvgIpc) is 2.49. The van der Waals surface area contributed by atoms with Gasteiger partial charge in [0.25, 0.3) is 0 Å². The molecular weight excluding hydrogens is 246 g/mol. The number of hydrogen-bond donors (Lipinski definition) is 1. The predicted octanol–water partition coefficient (Wildman–Crippen LogP) is 4.32. The zero-order valence-electron chi connectivity index (χ0n) is 13.4. The van der Waals surface area contributed by atoms with Gasteiger partial charge in [-0.3, -0.25) is 0 Å². The Labute approximate surface area is 123 Å². The molecule has 4 atom stereocenters. The first kappa shape index (κ1) is 15.5. The third kappa shape index (κ3) is 3.07. The summed E-state index contributed by atoms with van der Waals surface area (Å²) in [6, 6.07) is 11.1. The Bertz CT molecular complexity index is 405. The van der Waals surface area contributed by atoms with Gasteiger partial charge in [0.05, 0.1) is 12.2 Å². The monoisotopic (exact) mass is 275 g/mol. The van der Waals surface area contributed by atoms with Crippen LogP contribution in [0.4, 0.5) is 0 Å². The average molecular weight is 275 g/mol. The lowest BCUT2D eigenvalue weighted by atomic mass is 9.61. The molecule has 1 aromatic carbocycles. The normalized spacial score (nSPS) is 30.8. The van der Waals surface area contributed by atoms with Gasteiger partial charge in [0.15, 0.2) is 0 Å². The lowest BCUT2D eigenvalue weighted by Crippen LogP contribution is -2.62. The molecule has 1 aliphatic carbocycles. The quantitative estimate of drug-likeness (QED) is 0.800. The van der Waals surface area contributed by atoms with Gasteiger partial charge in [0, 0.05) is 11.5 Å². The summed E-state index contributed by atoms with van der Waals surface area (Å²) in [6.07, 6.45) is 4.06. The first-order valence-electron chi connectivity index (χ1n) is 8.05. The molecule has 0 spiro atoms. The minimum Gasteiger partial charge on any atom is -0.370 e. The number of ether oxygens (including phenoxy) is 1. The summed E-state index contributed by atoms with van der Waals surface area (Å²) >= 11 is 0. The van der Waals surface area contributed by atoms with Crippen LogP contribution in [0.3, 0.4) is 0 Å². The SMILES string of the molecule is CCCNC1CC(OC(C)c2ccccc2)C1(C)CC. The molecule has 0 bridgehead atoms. The van der Waals surface area contributed by atoms with E-state index in [1.54, 1.807) is 0 Å². The largest absolute Gasteiger partial charge is 0.370 e. The Balaban J connectivity index is 1.94. The molecule has 2 nitrogen and oxygen atoms in total. The Kier molecular flexibility index (Phi) is 5.22. The Morgan fingerprint density at radius 1 is 1.30 bits per heavy atom. The maximum absolute atomic E-state index is 6.35. The highest BCUT2D eigenvalue weighted by molar-refractivity contribution is 5.17. The fraction of sp³-hybridized carbons (Fsp3) is 0.667. The molecule has 1 fully saturated rings. The van der Waals surface area contributed by atoms with E-state index >= 15 is 0 Å². The van der Waals surface area contributed by atoms with Gasteiger partial charge in [0.1, 0.15) is 0 Å².